The molecule has 0 aliphatic heterocycles. The number of aryl methyl sites for hydroxylation is 1. The first-order valence-electron chi connectivity index (χ1n) is 5.92. The number of hydrogen-bond acceptors (Lipinski definition) is 4. The molecule has 1 unspecified atom stereocenters. The van der Waals surface area contributed by atoms with Gasteiger partial charge in [0.05, 0.1) is 11.8 Å². The van der Waals surface area contributed by atoms with Crippen molar-refractivity contribution in [1.82, 2.24) is 20.1 Å². The van der Waals surface area contributed by atoms with Gasteiger partial charge in [-0.3, -0.25) is 4.79 Å². The average molecular weight is 254 g/mol. The summed E-state index contributed by atoms with van der Waals surface area (Å²) >= 11 is 1.54. The van der Waals surface area contributed by atoms with Gasteiger partial charge in [-0.15, -0.1) is 0 Å². The number of amides is 1. The summed E-state index contributed by atoms with van der Waals surface area (Å²) in [6, 6.07) is 0.0390. The molecule has 1 amide bonds. The van der Waals surface area contributed by atoms with Crippen LogP contribution in [0.25, 0.3) is 0 Å². The number of rotatable bonds is 6. The second kappa shape index (κ2) is 5.53. The van der Waals surface area contributed by atoms with Gasteiger partial charge in [-0.05, 0) is 31.9 Å². The summed E-state index contributed by atoms with van der Waals surface area (Å²) in [6.07, 6.45) is 5.83. The third-order valence-electron chi connectivity index (χ3n) is 2.91. The maximum Gasteiger partial charge on any atom is 0.230 e. The lowest BCUT2D eigenvalue weighted by Crippen LogP contribution is -2.33. The number of carbonyl (C=O) groups is 1. The number of nitrogens with zero attached hydrogens (tertiary/aromatic N) is 3. The molecule has 94 valence electrons. The Kier molecular flexibility index (Phi) is 4.04. The van der Waals surface area contributed by atoms with Crippen LogP contribution in [0.5, 0.6) is 0 Å². The number of aromatic nitrogens is 3. The zero-order valence-electron chi connectivity index (χ0n) is 10.2. The van der Waals surface area contributed by atoms with E-state index in [0.717, 1.165) is 12.4 Å². The molecule has 1 aromatic rings. The minimum Gasteiger partial charge on any atom is -0.345 e. The molecule has 1 atom stereocenters. The lowest BCUT2D eigenvalue weighted by Gasteiger charge is -2.17. The van der Waals surface area contributed by atoms with Crippen molar-refractivity contribution >= 4 is 17.7 Å². The molecule has 1 N–H and O–H groups in total. The van der Waals surface area contributed by atoms with Crippen molar-refractivity contribution in [2.75, 3.05) is 12.0 Å². The second-order valence-electron chi connectivity index (χ2n) is 4.25. The highest BCUT2D eigenvalue weighted by Crippen LogP contribution is 2.40. The van der Waals surface area contributed by atoms with Gasteiger partial charge in [0.15, 0.2) is 0 Å². The number of carbonyl (C=O) groups excluding carboxylic acids is 1. The Morgan fingerprint density at radius 1 is 1.71 bits per heavy atom. The molecule has 17 heavy (non-hydrogen) atoms. The van der Waals surface area contributed by atoms with Gasteiger partial charge >= 0.3 is 0 Å². The van der Waals surface area contributed by atoms with E-state index in [0.29, 0.717) is 11.7 Å². The molecule has 0 aromatic carbocycles. The van der Waals surface area contributed by atoms with Crippen molar-refractivity contribution in [2.24, 2.45) is 5.92 Å². The van der Waals surface area contributed by atoms with E-state index in [1.54, 1.807) is 6.33 Å². The predicted octanol–water partition coefficient (Wildman–Crippen LogP) is 1.23. The van der Waals surface area contributed by atoms with E-state index in [1.807, 2.05) is 17.9 Å². The summed E-state index contributed by atoms with van der Waals surface area (Å²) in [5.74, 6) is 2.02. The molecule has 6 heteroatoms. The fraction of sp³-hybridized carbons (Fsp3) is 0.727. The minimum atomic E-state index is 0.0390. The van der Waals surface area contributed by atoms with Crippen molar-refractivity contribution in [2.45, 2.75) is 32.4 Å². The van der Waals surface area contributed by atoms with Crippen molar-refractivity contribution in [3.63, 3.8) is 0 Å². The van der Waals surface area contributed by atoms with Gasteiger partial charge in [0.2, 0.25) is 5.91 Å². The molecular weight excluding hydrogens is 236 g/mol. The first-order chi connectivity index (χ1) is 8.26. The Morgan fingerprint density at radius 2 is 2.47 bits per heavy atom. The molecule has 1 aliphatic rings. The van der Waals surface area contributed by atoms with Gasteiger partial charge in [-0.2, -0.15) is 16.9 Å². The minimum absolute atomic E-state index is 0.0390. The second-order valence-corrected chi connectivity index (χ2v) is 5.12. The van der Waals surface area contributed by atoms with Gasteiger partial charge in [-0.25, -0.2) is 9.67 Å². The molecule has 2 rings (SSSR count). The maximum atomic E-state index is 11.7. The molecule has 0 radical (unpaired) electrons. The molecular formula is C11H18N4OS. The van der Waals surface area contributed by atoms with E-state index >= 15 is 0 Å². The molecule has 0 bridgehead atoms. The predicted molar refractivity (Wildman–Crippen MR) is 67.7 cm³/mol. The summed E-state index contributed by atoms with van der Waals surface area (Å²) < 4.78 is 1.86. The lowest BCUT2D eigenvalue weighted by molar-refractivity contribution is -0.119. The SMILES string of the molecule is CCn1ncnc1C(NC(=O)CSC)C1CC1. The maximum absolute atomic E-state index is 11.7. The van der Waals surface area contributed by atoms with Crippen molar-refractivity contribution in [1.29, 1.82) is 0 Å². The Bertz CT molecular complexity index is 389. The van der Waals surface area contributed by atoms with Gasteiger partial charge in [0.1, 0.15) is 12.2 Å². The van der Waals surface area contributed by atoms with Crippen LogP contribution in [-0.4, -0.2) is 32.7 Å². The Morgan fingerprint density at radius 3 is 3.06 bits per heavy atom. The fourth-order valence-electron chi connectivity index (χ4n) is 1.93. The molecule has 0 saturated heterocycles. The summed E-state index contributed by atoms with van der Waals surface area (Å²) in [5.41, 5.74) is 0. The standard InChI is InChI=1S/C11H18N4OS/c1-3-15-11(12-7-13-15)10(8-4-5-8)14-9(16)6-17-2/h7-8,10H,3-6H2,1-2H3,(H,14,16). The Balaban J connectivity index is 2.09. The zero-order valence-corrected chi connectivity index (χ0v) is 11.0. The Labute approximate surface area is 105 Å². The van der Waals surface area contributed by atoms with E-state index in [-0.39, 0.29) is 11.9 Å². The molecule has 5 nitrogen and oxygen atoms in total. The van der Waals surface area contributed by atoms with Crippen LogP contribution in [0.4, 0.5) is 0 Å². The summed E-state index contributed by atoms with van der Waals surface area (Å²) in [6.45, 7) is 2.82. The zero-order chi connectivity index (χ0) is 12.3. The first kappa shape index (κ1) is 12.4. The lowest BCUT2D eigenvalue weighted by atomic mass is 10.1. The van der Waals surface area contributed by atoms with E-state index in [9.17, 15) is 4.79 Å². The molecule has 1 saturated carbocycles. The molecule has 1 heterocycles. The number of hydrogen-bond donors (Lipinski definition) is 1. The van der Waals surface area contributed by atoms with Crippen molar-refractivity contribution in [3.05, 3.63) is 12.2 Å². The van der Waals surface area contributed by atoms with E-state index in [4.69, 9.17) is 0 Å². The van der Waals surface area contributed by atoms with Crippen LogP contribution in [0.1, 0.15) is 31.6 Å². The summed E-state index contributed by atoms with van der Waals surface area (Å²) in [7, 11) is 0. The van der Waals surface area contributed by atoms with E-state index < -0.39 is 0 Å². The smallest absolute Gasteiger partial charge is 0.230 e. The monoisotopic (exact) mass is 254 g/mol. The van der Waals surface area contributed by atoms with Crippen LogP contribution in [0.15, 0.2) is 6.33 Å². The molecule has 0 spiro atoms. The van der Waals surface area contributed by atoms with Gasteiger partial charge in [0.25, 0.3) is 0 Å². The van der Waals surface area contributed by atoms with Crippen LogP contribution in [-0.2, 0) is 11.3 Å². The summed E-state index contributed by atoms with van der Waals surface area (Å²) in [4.78, 5) is 16.0. The van der Waals surface area contributed by atoms with E-state index in [2.05, 4.69) is 15.4 Å². The molecule has 1 aliphatic carbocycles. The van der Waals surface area contributed by atoms with Gasteiger partial charge in [0, 0.05) is 6.54 Å². The van der Waals surface area contributed by atoms with Gasteiger partial charge in [-0.1, -0.05) is 0 Å². The largest absolute Gasteiger partial charge is 0.345 e. The normalized spacial score (nSPS) is 16.8. The van der Waals surface area contributed by atoms with Gasteiger partial charge < -0.3 is 5.32 Å². The third-order valence-corrected chi connectivity index (χ3v) is 3.46. The highest BCUT2D eigenvalue weighted by Gasteiger charge is 2.36. The van der Waals surface area contributed by atoms with Crippen LogP contribution >= 0.6 is 11.8 Å². The topological polar surface area (TPSA) is 59.8 Å². The van der Waals surface area contributed by atoms with Crippen LogP contribution in [0.3, 0.4) is 0 Å². The van der Waals surface area contributed by atoms with Crippen LogP contribution in [0, 0.1) is 5.92 Å². The van der Waals surface area contributed by atoms with Crippen molar-refractivity contribution < 1.29 is 4.79 Å². The third kappa shape index (κ3) is 3.00. The summed E-state index contributed by atoms with van der Waals surface area (Å²) in [5, 5.41) is 7.24. The molecule has 1 aromatic heterocycles. The fourth-order valence-corrected chi connectivity index (χ4v) is 2.27. The van der Waals surface area contributed by atoms with Crippen LogP contribution < -0.4 is 5.32 Å². The first-order valence-corrected chi connectivity index (χ1v) is 7.31. The number of thioether (sulfide) groups is 1. The average Bonchev–Trinajstić information content (AvgIpc) is 3.04. The quantitative estimate of drug-likeness (QED) is 0.829. The molecule has 1 fully saturated rings. The highest BCUT2D eigenvalue weighted by atomic mass is 32.2. The van der Waals surface area contributed by atoms with Crippen molar-refractivity contribution in [3.8, 4) is 0 Å². The number of nitrogens with one attached hydrogen (secondary N) is 1. The van der Waals surface area contributed by atoms with Crippen LogP contribution in [0.2, 0.25) is 0 Å². The van der Waals surface area contributed by atoms with E-state index in [1.165, 1.54) is 24.6 Å². The highest BCUT2D eigenvalue weighted by molar-refractivity contribution is 7.99. The Hall–Kier alpha value is -1.04.